The maximum atomic E-state index is 6.12. The molecule has 1 unspecified atom stereocenters. The van der Waals surface area contributed by atoms with E-state index in [4.69, 9.17) is 23.2 Å². The van der Waals surface area contributed by atoms with Gasteiger partial charge in [-0.15, -0.1) is 11.6 Å². The Morgan fingerprint density at radius 2 is 2.25 bits per heavy atom. The smallest absolute Gasteiger partial charge is 0.124 e. The van der Waals surface area contributed by atoms with Gasteiger partial charge in [-0.1, -0.05) is 18.5 Å². The summed E-state index contributed by atoms with van der Waals surface area (Å²) in [6.45, 7) is 6.70. The van der Waals surface area contributed by atoms with Crippen molar-refractivity contribution in [3.8, 4) is 0 Å². The monoisotopic (exact) mass is 311 g/mol. The van der Waals surface area contributed by atoms with Crippen molar-refractivity contribution in [3.05, 3.63) is 29.0 Å². The third-order valence-corrected chi connectivity index (χ3v) is 4.64. The van der Waals surface area contributed by atoms with Crippen LogP contribution in [-0.4, -0.2) is 34.1 Å². The highest BCUT2D eigenvalue weighted by atomic mass is 35.5. The van der Waals surface area contributed by atoms with E-state index in [0.29, 0.717) is 11.8 Å². The summed E-state index contributed by atoms with van der Waals surface area (Å²) in [6.07, 6.45) is 1.25. The number of imidazole rings is 1. The zero-order valence-corrected chi connectivity index (χ0v) is 13.2. The average molecular weight is 312 g/mol. The molecule has 1 aliphatic rings. The van der Waals surface area contributed by atoms with Gasteiger partial charge in [0.25, 0.3) is 0 Å². The molecule has 1 fully saturated rings. The fraction of sp³-hybridized carbons (Fsp3) is 0.533. The summed E-state index contributed by atoms with van der Waals surface area (Å²) in [5, 5.41) is 0.751. The van der Waals surface area contributed by atoms with Crippen LogP contribution in [0.2, 0.25) is 5.02 Å². The molecular formula is C15H19Cl2N3. The number of nitrogens with zero attached hydrogens (tertiary/aromatic N) is 3. The number of likely N-dealkylation sites (tertiary alicyclic amines) is 1. The fourth-order valence-electron chi connectivity index (χ4n) is 3.06. The van der Waals surface area contributed by atoms with E-state index >= 15 is 0 Å². The lowest BCUT2D eigenvalue weighted by Crippen LogP contribution is -2.21. The Morgan fingerprint density at radius 1 is 1.40 bits per heavy atom. The predicted octanol–water partition coefficient (Wildman–Crippen LogP) is 3.77. The molecular weight excluding hydrogens is 293 g/mol. The number of fused-ring (bicyclic) bond motifs is 1. The fourth-order valence-corrected chi connectivity index (χ4v) is 3.43. The third kappa shape index (κ3) is 2.67. The second-order valence-corrected chi connectivity index (χ2v) is 6.16. The zero-order valence-electron chi connectivity index (χ0n) is 11.6. The lowest BCUT2D eigenvalue weighted by Gasteiger charge is -2.15. The molecule has 3 rings (SSSR count). The first-order valence-corrected chi connectivity index (χ1v) is 8.05. The summed E-state index contributed by atoms with van der Waals surface area (Å²) in [4.78, 5) is 7.11. The average Bonchev–Trinajstić information content (AvgIpc) is 3.04. The van der Waals surface area contributed by atoms with Crippen molar-refractivity contribution < 1.29 is 0 Å². The van der Waals surface area contributed by atoms with Crippen LogP contribution < -0.4 is 0 Å². The zero-order chi connectivity index (χ0) is 14.1. The molecule has 5 heteroatoms. The van der Waals surface area contributed by atoms with Crippen LogP contribution in [0.5, 0.6) is 0 Å². The summed E-state index contributed by atoms with van der Waals surface area (Å²) < 4.78 is 2.25. The molecule has 0 bridgehead atoms. The molecule has 1 aliphatic heterocycles. The number of hydrogen-bond acceptors (Lipinski definition) is 2. The Bertz CT molecular complexity index is 608. The summed E-state index contributed by atoms with van der Waals surface area (Å²) >= 11 is 12.2. The summed E-state index contributed by atoms with van der Waals surface area (Å²) in [7, 11) is 0. The van der Waals surface area contributed by atoms with Crippen molar-refractivity contribution in [2.45, 2.75) is 25.8 Å². The normalized spacial score (nSPS) is 20.1. The van der Waals surface area contributed by atoms with Crippen LogP contribution in [0.15, 0.2) is 18.2 Å². The molecule has 2 heterocycles. The molecule has 1 aromatic carbocycles. The van der Waals surface area contributed by atoms with Crippen molar-refractivity contribution in [2.75, 3.05) is 19.6 Å². The van der Waals surface area contributed by atoms with Crippen molar-refractivity contribution >= 4 is 34.2 Å². The molecule has 1 aromatic heterocycles. The number of hydrogen-bond donors (Lipinski definition) is 0. The molecule has 0 aliphatic carbocycles. The number of aromatic nitrogens is 2. The lowest BCUT2D eigenvalue weighted by molar-refractivity contribution is 0.333. The molecule has 0 spiro atoms. The Hall–Kier alpha value is -0.770. The van der Waals surface area contributed by atoms with Crippen LogP contribution in [0.4, 0.5) is 0 Å². The van der Waals surface area contributed by atoms with E-state index in [1.54, 1.807) is 0 Å². The van der Waals surface area contributed by atoms with Crippen LogP contribution >= 0.6 is 23.2 Å². The number of benzene rings is 1. The van der Waals surface area contributed by atoms with Gasteiger partial charge in [0.1, 0.15) is 5.82 Å². The number of rotatable bonds is 4. The largest absolute Gasteiger partial charge is 0.327 e. The molecule has 0 radical (unpaired) electrons. The van der Waals surface area contributed by atoms with Crippen LogP contribution in [0.1, 0.15) is 19.2 Å². The maximum Gasteiger partial charge on any atom is 0.124 e. The van der Waals surface area contributed by atoms with Crippen molar-refractivity contribution in [1.82, 2.24) is 14.5 Å². The van der Waals surface area contributed by atoms with Crippen LogP contribution in [-0.2, 0) is 12.4 Å². The van der Waals surface area contributed by atoms with E-state index in [0.717, 1.165) is 35.0 Å². The van der Waals surface area contributed by atoms with Gasteiger partial charge in [-0.25, -0.2) is 4.98 Å². The van der Waals surface area contributed by atoms with E-state index < -0.39 is 0 Å². The van der Waals surface area contributed by atoms with Crippen LogP contribution in [0, 0.1) is 5.92 Å². The van der Waals surface area contributed by atoms with Crippen molar-refractivity contribution in [2.24, 2.45) is 5.92 Å². The minimum atomic E-state index is 0.441. The van der Waals surface area contributed by atoms with Crippen molar-refractivity contribution in [3.63, 3.8) is 0 Å². The summed E-state index contributed by atoms with van der Waals surface area (Å²) in [5.41, 5.74) is 2.08. The Morgan fingerprint density at radius 3 is 2.95 bits per heavy atom. The quantitative estimate of drug-likeness (QED) is 0.801. The first kappa shape index (κ1) is 14.2. The highest BCUT2D eigenvalue weighted by Crippen LogP contribution is 2.25. The molecule has 108 valence electrons. The standard InChI is InChI=1S/C15H19Cl2N3/c1-2-19-6-5-11(9-19)10-20-14-7-12(17)3-4-13(14)18-15(20)8-16/h3-4,7,11H,2,5-6,8-10H2,1H3. The molecule has 0 N–H and O–H groups in total. The molecule has 0 saturated carbocycles. The van der Waals surface area contributed by atoms with E-state index in [1.165, 1.54) is 19.5 Å². The van der Waals surface area contributed by atoms with E-state index in [-0.39, 0.29) is 0 Å². The lowest BCUT2D eigenvalue weighted by atomic mass is 10.1. The highest BCUT2D eigenvalue weighted by molar-refractivity contribution is 6.31. The number of halogens is 2. The van der Waals surface area contributed by atoms with Gasteiger partial charge < -0.3 is 9.47 Å². The third-order valence-electron chi connectivity index (χ3n) is 4.17. The predicted molar refractivity (Wildman–Crippen MR) is 84.5 cm³/mol. The van der Waals surface area contributed by atoms with Gasteiger partial charge >= 0.3 is 0 Å². The van der Waals surface area contributed by atoms with Crippen molar-refractivity contribution in [1.29, 1.82) is 0 Å². The first-order valence-electron chi connectivity index (χ1n) is 7.14. The van der Waals surface area contributed by atoms with Gasteiger partial charge in [0.05, 0.1) is 16.9 Å². The maximum absolute atomic E-state index is 6.12. The molecule has 3 nitrogen and oxygen atoms in total. The van der Waals surface area contributed by atoms with Gasteiger partial charge in [0.2, 0.25) is 0 Å². The van der Waals surface area contributed by atoms with Crippen LogP contribution in [0.25, 0.3) is 11.0 Å². The van der Waals surface area contributed by atoms with E-state index in [9.17, 15) is 0 Å². The molecule has 0 amide bonds. The number of alkyl halides is 1. The second kappa shape index (κ2) is 5.92. The molecule has 1 atom stereocenters. The second-order valence-electron chi connectivity index (χ2n) is 5.45. The van der Waals surface area contributed by atoms with Gasteiger partial charge in [0, 0.05) is 18.1 Å². The van der Waals surface area contributed by atoms with Crippen LogP contribution in [0.3, 0.4) is 0 Å². The summed E-state index contributed by atoms with van der Waals surface area (Å²) in [5.74, 6) is 2.06. The minimum absolute atomic E-state index is 0.441. The van der Waals surface area contributed by atoms with Gasteiger partial charge in [-0.05, 0) is 43.6 Å². The molecule has 2 aromatic rings. The highest BCUT2D eigenvalue weighted by Gasteiger charge is 2.23. The summed E-state index contributed by atoms with van der Waals surface area (Å²) in [6, 6.07) is 5.84. The molecule has 1 saturated heterocycles. The van der Waals surface area contributed by atoms with E-state index in [1.807, 2.05) is 18.2 Å². The first-order chi connectivity index (χ1) is 9.71. The van der Waals surface area contributed by atoms with Gasteiger partial charge in [-0.3, -0.25) is 0 Å². The van der Waals surface area contributed by atoms with Gasteiger partial charge in [0.15, 0.2) is 0 Å². The van der Waals surface area contributed by atoms with Gasteiger partial charge in [-0.2, -0.15) is 0 Å². The topological polar surface area (TPSA) is 21.1 Å². The minimum Gasteiger partial charge on any atom is -0.327 e. The Labute approximate surface area is 129 Å². The Kier molecular flexibility index (Phi) is 4.20. The van der Waals surface area contributed by atoms with E-state index in [2.05, 4.69) is 21.4 Å². The molecule has 20 heavy (non-hydrogen) atoms. The Balaban J connectivity index is 1.91. The SMILES string of the molecule is CCN1CCC(Cn2c(CCl)nc3ccc(Cl)cc32)C1.